The van der Waals surface area contributed by atoms with Crippen LogP contribution >= 0.6 is 24.4 Å². The maximum Gasteiger partial charge on any atom is 2.00 e. The predicted molar refractivity (Wildman–Crippen MR) is 163 cm³/mol. The van der Waals surface area contributed by atoms with Crippen LogP contribution in [-0.2, 0) is 16.5 Å². The molecule has 0 atom stereocenters. The van der Waals surface area contributed by atoms with E-state index in [0.29, 0.717) is 22.3 Å². The average Bonchev–Trinajstić information content (AvgIpc) is 3.00. The molecule has 0 spiro atoms. The minimum atomic E-state index is 0. The molecule has 0 saturated heterocycles. The zero-order valence-corrected chi connectivity index (χ0v) is 24.6. The Morgan fingerprint density at radius 3 is 1.00 bits per heavy atom. The van der Waals surface area contributed by atoms with Gasteiger partial charge < -0.3 is 10.8 Å². The number of pyridine rings is 2. The number of benzene rings is 2. The number of nitriles is 2. The van der Waals surface area contributed by atoms with E-state index < -0.39 is 0 Å². The van der Waals surface area contributed by atoms with Gasteiger partial charge in [-0.3, -0.25) is 19.6 Å². The number of ketones is 2. The van der Waals surface area contributed by atoms with Gasteiger partial charge in [-0.15, -0.1) is 0 Å². The Morgan fingerprint density at radius 1 is 0.585 bits per heavy atom. The van der Waals surface area contributed by atoms with Crippen molar-refractivity contribution in [2.24, 2.45) is 0 Å². The van der Waals surface area contributed by atoms with Crippen LogP contribution < -0.4 is 0 Å². The second kappa shape index (κ2) is 29.7. The zero-order valence-electron chi connectivity index (χ0n) is 22.0. The molecule has 4 aromatic rings. The second-order valence-corrected chi connectivity index (χ2v) is 6.86. The normalized spacial score (nSPS) is 7.41. The van der Waals surface area contributed by atoms with Crippen LogP contribution in [0.25, 0.3) is 10.8 Å². The standard InChI is InChI=1S/2C12H9NO.2C2H3N.2CNS.Ni/c2*14-12(10-4-2-1-3-5-10)11-6-8-13-9-7-11;2*1-2-3;2*2-1-3;/h2*1-9H;2*1H3;;;/q;;;;2*-1;+2. The van der Waals surface area contributed by atoms with Gasteiger partial charge in [-0.25, -0.2) is 0 Å². The molecule has 0 saturated carbocycles. The Hall–Kier alpha value is -4.85. The summed E-state index contributed by atoms with van der Waals surface area (Å²) in [5.74, 6) is 0.0704. The molecule has 0 radical (unpaired) electrons. The molecule has 0 aliphatic carbocycles. The van der Waals surface area contributed by atoms with Crippen LogP contribution in [0.5, 0.6) is 0 Å². The van der Waals surface area contributed by atoms with Crippen LogP contribution in [0.2, 0.25) is 0 Å². The number of thiocarbonyl (C=S) groups is 2. The summed E-state index contributed by atoms with van der Waals surface area (Å²) in [6.07, 6.45) is 6.48. The minimum Gasteiger partial charge on any atom is -0.753 e. The van der Waals surface area contributed by atoms with E-state index >= 15 is 0 Å². The summed E-state index contributed by atoms with van der Waals surface area (Å²) in [5.41, 5.74) is 2.76. The van der Waals surface area contributed by atoms with Crippen molar-refractivity contribution < 1.29 is 26.1 Å². The predicted octanol–water partition coefficient (Wildman–Crippen LogP) is 7.00. The number of nitrogens with zero attached hydrogens (tertiary/aromatic N) is 6. The molecular weight excluding hydrogens is 599 g/mol. The first-order valence-electron chi connectivity index (χ1n) is 11.1. The number of aromatic nitrogens is 2. The van der Waals surface area contributed by atoms with E-state index in [9.17, 15) is 9.59 Å². The van der Waals surface area contributed by atoms with Gasteiger partial charge in [-0.2, -0.15) is 20.8 Å². The molecule has 0 N–H and O–H groups in total. The molecule has 0 fully saturated rings. The molecule has 41 heavy (non-hydrogen) atoms. The summed E-state index contributed by atoms with van der Waals surface area (Å²) < 4.78 is 0. The van der Waals surface area contributed by atoms with E-state index in [0.717, 1.165) is 0 Å². The fraction of sp³-hybridized carbons (Fsp3) is 0.0667. The molecule has 2 aromatic heterocycles. The maximum absolute atomic E-state index is 11.8. The van der Waals surface area contributed by atoms with Crippen molar-refractivity contribution in [3.8, 4) is 12.1 Å². The molecule has 11 heteroatoms. The summed E-state index contributed by atoms with van der Waals surface area (Å²) in [5, 5.41) is 31.6. The smallest absolute Gasteiger partial charge is 0.753 e. The maximum atomic E-state index is 11.8. The SMILES string of the molecule is CC#N.CC#N.O=C(c1ccccc1)c1ccncc1.O=C(c1ccccc1)c1ccncc1.[N-]=C=S.[N-]=C=S.[Ni+2]. The van der Waals surface area contributed by atoms with Crippen molar-refractivity contribution in [1.82, 2.24) is 9.97 Å². The van der Waals surface area contributed by atoms with Gasteiger partial charge in [0.1, 0.15) is 0 Å². The molecule has 0 aliphatic rings. The number of isothiocyanates is 2. The van der Waals surface area contributed by atoms with Crippen molar-refractivity contribution in [3.63, 3.8) is 0 Å². The number of rotatable bonds is 4. The van der Waals surface area contributed by atoms with Crippen molar-refractivity contribution in [1.29, 1.82) is 10.5 Å². The summed E-state index contributed by atoms with van der Waals surface area (Å²) in [4.78, 5) is 31.4. The molecule has 2 aromatic carbocycles. The van der Waals surface area contributed by atoms with Crippen LogP contribution in [-0.4, -0.2) is 31.9 Å². The monoisotopic (exact) mass is 622 g/mol. The number of hydrogen-bond acceptors (Lipinski definition) is 8. The Kier molecular flexibility index (Phi) is 29.4. The van der Waals surface area contributed by atoms with Crippen LogP contribution in [0.1, 0.15) is 45.7 Å². The topological polar surface area (TPSA) is 152 Å². The van der Waals surface area contributed by atoms with Crippen LogP contribution in [0.3, 0.4) is 0 Å². The summed E-state index contributed by atoms with van der Waals surface area (Å²) in [7, 11) is 0. The molecule has 4 rings (SSSR count). The number of hydrogen-bond donors (Lipinski definition) is 0. The van der Waals surface area contributed by atoms with E-state index in [4.69, 9.17) is 21.3 Å². The third-order valence-corrected chi connectivity index (χ3v) is 3.96. The summed E-state index contributed by atoms with van der Waals surface area (Å²) in [6, 6.07) is 28.8. The van der Waals surface area contributed by atoms with Crippen molar-refractivity contribution in [3.05, 3.63) is 143 Å². The fourth-order valence-electron chi connectivity index (χ4n) is 2.52. The first kappa shape index (κ1) is 40.6. The van der Waals surface area contributed by atoms with Gasteiger partial charge in [0.25, 0.3) is 0 Å². The van der Waals surface area contributed by atoms with E-state index in [1.807, 2.05) is 60.7 Å². The summed E-state index contributed by atoms with van der Waals surface area (Å²) >= 11 is 7.40. The fourth-order valence-corrected chi connectivity index (χ4v) is 2.52. The van der Waals surface area contributed by atoms with Gasteiger partial charge >= 0.3 is 16.5 Å². The minimum absolute atomic E-state index is 0. The van der Waals surface area contributed by atoms with Crippen molar-refractivity contribution in [2.45, 2.75) is 13.8 Å². The van der Waals surface area contributed by atoms with E-state index in [1.165, 1.54) is 24.2 Å². The molecule has 0 unspecified atom stereocenters. The molecule has 0 bridgehead atoms. The van der Waals surface area contributed by atoms with Gasteiger partial charge in [0, 0.05) is 60.9 Å². The van der Waals surface area contributed by atoms with Gasteiger partial charge in [-0.1, -0.05) is 85.1 Å². The van der Waals surface area contributed by atoms with Crippen LogP contribution in [0, 0.1) is 22.7 Å². The molecule has 0 amide bonds. The van der Waals surface area contributed by atoms with Gasteiger partial charge in [-0.05, 0) is 24.3 Å². The number of carbonyl (C=O) groups is 2. The Bertz CT molecular complexity index is 1210. The first-order chi connectivity index (χ1) is 19.4. The van der Waals surface area contributed by atoms with E-state index in [-0.39, 0.29) is 28.1 Å². The third-order valence-electron chi connectivity index (χ3n) is 3.96. The largest absolute Gasteiger partial charge is 2.00 e. The summed E-state index contributed by atoms with van der Waals surface area (Å²) in [6.45, 7) is 2.86. The zero-order chi connectivity index (χ0) is 30.4. The third kappa shape index (κ3) is 20.7. The molecule has 208 valence electrons. The quantitative estimate of drug-likeness (QED) is 0.102. The Labute approximate surface area is 260 Å². The Morgan fingerprint density at radius 2 is 0.780 bits per heavy atom. The second-order valence-electron chi connectivity index (χ2n) is 6.49. The van der Waals surface area contributed by atoms with Gasteiger partial charge in [0.2, 0.25) is 0 Å². The Balaban J connectivity index is -0.000000502. The molecule has 8 nitrogen and oxygen atoms in total. The first-order valence-corrected chi connectivity index (χ1v) is 11.9. The van der Waals surface area contributed by atoms with E-state index in [2.05, 4.69) is 34.4 Å². The molecule has 2 heterocycles. The van der Waals surface area contributed by atoms with Crippen LogP contribution in [0.4, 0.5) is 0 Å². The van der Waals surface area contributed by atoms with Gasteiger partial charge in [0.05, 0.1) is 12.1 Å². The molecular formula is C30H24N6NiO2S2. The van der Waals surface area contributed by atoms with Crippen molar-refractivity contribution >= 4 is 46.3 Å². The van der Waals surface area contributed by atoms with E-state index in [1.54, 1.807) is 61.2 Å². The molecule has 0 aliphatic heterocycles. The van der Waals surface area contributed by atoms with Crippen LogP contribution in [0.15, 0.2) is 110 Å². The average molecular weight is 623 g/mol. The van der Waals surface area contributed by atoms with Gasteiger partial charge in [0.15, 0.2) is 11.6 Å². The van der Waals surface area contributed by atoms with Crippen molar-refractivity contribution in [2.75, 3.05) is 0 Å². The number of carbonyl (C=O) groups excluding carboxylic acids is 2.